The van der Waals surface area contributed by atoms with E-state index in [1.807, 2.05) is 13.8 Å². The van der Waals surface area contributed by atoms with Crippen LogP contribution in [-0.4, -0.2) is 86.5 Å². The Morgan fingerprint density at radius 3 is 1.39 bits per heavy atom. The van der Waals surface area contributed by atoms with Crippen LogP contribution < -0.4 is 0 Å². The Hall–Kier alpha value is -0.280. The molecule has 7 heteroatoms. The third-order valence-electron chi connectivity index (χ3n) is 1.85. The van der Waals surface area contributed by atoms with Crippen LogP contribution in [0, 0.1) is 0 Å². The van der Waals surface area contributed by atoms with Gasteiger partial charge < -0.3 is 34.6 Å². The first-order valence-corrected chi connectivity index (χ1v) is 8.17. The smallest absolute Gasteiger partial charge is 0.0742 e. The zero-order valence-corrected chi connectivity index (χ0v) is 15.7. The molecule has 146 valence electrons. The van der Waals surface area contributed by atoms with E-state index in [1.54, 1.807) is 7.11 Å². The molecule has 0 aromatic heterocycles. The second kappa shape index (κ2) is 37.7. The first-order chi connectivity index (χ1) is 11.0. The van der Waals surface area contributed by atoms with Crippen LogP contribution in [0.25, 0.3) is 0 Å². The zero-order valence-electron chi connectivity index (χ0n) is 15.7. The molecule has 0 bridgehead atoms. The molecule has 0 spiro atoms. The van der Waals surface area contributed by atoms with Crippen molar-refractivity contribution < 1.29 is 34.6 Å². The van der Waals surface area contributed by atoms with Gasteiger partial charge in [-0.2, -0.15) is 0 Å². The molecule has 0 aromatic rings. The minimum Gasteiger partial charge on any atom is -0.394 e. The molecule has 1 atom stereocenters. The fourth-order valence-electron chi connectivity index (χ4n) is 0.724. The Morgan fingerprint density at radius 2 is 1.26 bits per heavy atom. The van der Waals surface area contributed by atoms with Crippen molar-refractivity contribution in [3.05, 3.63) is 0 Å². The average molecular weight is 344 g/mol. The Labute approximate surface area is 142 Å². The lowest BCUT2D eigenvalue weighted by molar-refractivity contribution is 0.0650. The zero-order chi connectivity index (χ0) is 18.8. The van der Waals surface area contributed by atoms with Crippen molar-refractivity contribution in [1.82, 2.24) is 0 Å². The molecule has 0 aromatic carbocycles. The summed E-state index contributed by atoms with van der Waals surface area (Å²) in [4.78, 5) is 0. The molecule has 0 saturated heterocycles. The number of hydrogen-bond acceptors (Lipinski definition) is 7. The lowest BCUT2D eigenvalue weighted by Gasteiger charge is -1.94. The topological polar surface area (TPSA) is 109 Å². The van der Waals surface area contributed by atoms with Crippen LogP contribution in [0.3, 0.4) is 0 Å². The van der Waals surface area contributed by atoms with E-state index in [0.29, 0.717) is 13.2 Å². The quantitative estimate of drug-likeness (QED) is 0.435. The van der Waals surface area contributed by atoms with E-state index < -0.39 is 6.10 Å². The van der Waals surface area contributed by atoms with E-state index >= 15 is 0 Å². The van der Waals surface area contributed by atoms with E-state index in [2.05, 4.69) is 11.7 Å². The summed E-state index contributed by atoms with van der Waals surface area (Å²) in [6.07, 6.45) is 1.86. The van der Waals surface area contributed by atoms with Crippen LogP contribution >= 0.6 is 0 Å². The van der Waals surface area contributed by atoms with Crippen molar-refractivity contribution >= 4 is 0 Å². The lowest BCUT2D eigenvalue weighted by atomic mass is 10.4. The molecule has 0 amide bonds. The Kier molecular flexibility index (Phi) is 50.2. The minimum absolute atomic E-state index is 0.0278. The lowest BCUT2D eigenvalue weighted by Crippen LogP contribution is -2.03. The molecule has 7 nitrogen and oxygen atoms in total. The summed E-state index contributed by atoms with van der Waals surface area (Å²) in [6.45, 7) is 10.8. The molecule has 0 heterocycles. The van der Waals surface area contributed by atoms with Gasteiger partial charge in [0, 0.05) is 26.9 Å². The van der Waals surface area contributed by atoms with Gasteiger partial charge in [-0.15, -0.1) is 0 Å². The molecule has 0 fully saturated rings. The van der Waals surface area contributed by atoms with E-state index in [0.717, 1.165) is 19.8 Å². The summed E-state index contributed by atoms with van der Waals surface area (Å²) in [5.74, 6) is 0. The molecule has 1 unspecified atom stereocenters. The van der Waals surface area contributed by atoms with Gasteiger partial charge in [0.25, 0.3) is 0 Å². The monoisotopic (exact) mass is 344 g/mol. The van der Waals surface area contributed by atoms with E-state index in [-0.39, 0.29) is 19.8 Å². The van der Waals surface area contributed by atoms with Gasteiger partial charge in [-0.1, -0.05) is 13.3 Å². The SMILES string of the molecule is CC(O)CO.CCCCOC.CCOCC.OCCOCCO. The normalized spacial score (nSPS) is 10.3. The van der Waals surface area contributed by atoms with Crippen molar-refractivity contribution in [3.8, 4) is 0 Å². The number of unbranched alkanes of at least 4 members (excludes halogenated alkanes) is 1. The highest BCUT2D eigenvalue weighted by molar-refractivity contribution is 4.34. The molecular formula is C16H40O7. The highest BCUT2D eigenvalue weighted by atomic mass is 16.5. The van der Waals surface area contributed by atoms with Gasteiger partial charge in [0.2, 0.25) is 0 Å². The van der Waals surface area contributed by atoms with Gasteiger partial charge in [0.05, 0.1) is 39.1 Å². The van der Waals surface area contributed by atoms with Crippen molar-refractivity contribution in [1.29, 1.82) is 0 Å². The number of aliphatic hydroxyl groups excluding tert-OH is 4. The van der Waals surface area contributed by atoms with Crippen LogP contribution in [0.4, 0.5) is 0 Å². The highest BCUT2D eigenvalue weighted by Gasteiger charge is 1.83. The summed E-state index contributed by atoms with van der Waals surface area (Å²) in [6, 6.07) is 0. The van der Waals surface area contributed by atoms with Gasteiger partial charge in [0.15, 0.2) is 0 Å². The Balaban J connectivity index is -0.000000106. The standard InChI is InChI=1S/C5H12O.C4H10O3.C4H10O.C3H8O2/c1-3-4-5-6-2;5-1-3-7-4-2-6;1-3-5-4-2;1-3(5)2-4/h3-5H2,1-2H3;5-6H,1-4H2;3-4H2,1-2H3;3-5H,2H2,1H3. The third-order valence-corrected chi connectivity index (χ3v) is 1.85. The molecule has 4 N–H and O–H groups in total. The summed E-state index contributed by atoms with van der Waals surface area (Å²) >= 11 is 0. The number of rotatable bonds is 10. The summed E-state index contributed by atoms with van der Waals surface area (Å²) in [5.41, 5.74) is 0. The second-order valence-corrected chi connectivity index (χ2v) is 4.22. The molecule has 0 saturated carbocycles. The van der Waals surface area contributed by atoms with Crippen LogP contribution in [0.5, 0.6) is 0 Å². The average Bonchev–Trinajstić information content (AvgIpc) is 2.56. The molecule has 0 aliphatic carbocycles. The third kappa shape index (κ3) is 73.5. The Bertz CT molecular complexity index is 136. The summed E-state index contributed by atoms with van der Waals surface area (Å²) in [5, 5.41) is 32.2. The van der Waals surface area contributed by atoms with Crippen LogP contribution in [0.2, 0.25) is 0 Å². The molecule has 0 radical (unpaired) electrons. The second-order valence-electron chi connectivity index (χ2n) is 4.22. The van der Waals surface area contributed by atoms with Crippen LogP contribution in [0.15, 0.2) is 0 Å². The predicted octanol–water partition coefficient (Wildman–Crippen LogP) is 0.823. The fraction of sp³-hybridized carbons (Fsp3) is 1.00. The highest BCUT2D eigenvalue weighted by Crippen LogP contribution is 1.83. The maximum absolute atomic E-state index is 8.11. The van der Waals surface area contributed by atoms with Gasteiger partial charge in [-0.05, 0) is 27.2 Å². The maximum Gasteiger partial charge on any atom is 0.0742 e. The number of methoxy groups -OCH3 is 1. The van der Waals surface area contributed by atoms with Gasteiger partial charge >= 0.3 is 0 Å². The maximum atomic E-state index is 8.11. The van der Waals surface area contributed by atoms with Crippen molar-refractivity contribution in [3.63, 3.8) is 0 Å². The number of hydrogen-bond donors (Lipinski definition) is 4. The Morgan fingerprint density at radius 1 is 0.826 bits per heavy atom. The summed E-state index contributed by atoms with van der Waals surface area (Å²) < 4.78 is 14.2. The van der Waals surface area contributed by atoms with Crippen molar-refractivity contribution in [2.45, 2.75) is 46.6 Å². The number of ether oxygens (including phenoxy) is 3. The minimum atomic E-state index is -0.560. The molecule has 0 aliphatic rings. The van der Waals surface area contributed by atoms with Crippen molar-refractivity contribution in [2.75, 3.05) is 60.0 Å². The fourth-order valence-corrected chi connectivity index (χ4v) is 0.724. The van der Waals surface area contributed by atoms with Gasteiger partial charge in [-0.25, -0.2) is 0 Å². The van der Waals surface area contributed by atoms with E-state index in [9.17, 15) is 0 Å². The van der Waals surface area contributed by atoms with Gasteiger partial charge in [0.1, 0.15) is 0 Å². The van der Waals surface area contributed by atoms with Crippen LogP contribution in [0.1, 0.15) is 40.5 Å². The molecule has 0 rings (SSSR count). The largest absolute Gasteiger partial charge is 0.394 e. The van der Waals surface area contributed by atoms with Crippen molar-refractivity contribution in [2.24, 2.45) is 0 Å². The van der Waals surface area contributed by atoms with Gasteiger partial charge in [-0.3, -0.25) is 0 Å². The molecule has 23 heavy (non-hydrogen) atoms. The first kappa shape index (κ1) is 30.6. The van der Waals surface area contributed by atoms with E-state index in [1.165, 1.54) is 19.8 Å². The van der Waals surface area contributed by atoms with Crippen LogP contribution in [-0.2, 0) is 14.2 Å². The predicted molar refractivity (Wildman–Crippen MR) is 92.7 cm³/mol. The summed E-state index contributed by atoms with van der Waals surface area (Å²) in [7, 11) is 1.73. The molecule has 0 aliphatic heterocycles. The number of aliphatic hydroxyl groups is 4. The molecular weight excluding hydrogens is 304 g/mol. The van der Waals surface area contributed by atoms with E-state index in [4.69, 9.17) is 29.9 Å². The first-order valence-electron chi connectivity index (χ1n) is 8.17.